The van der Waals surface area contributed by atoms with Crippen LogP contribution < -0.4 is 0 Å². The molecule has 0 unspecified atom stereocenters. The molecule has 0 heterocycles. The summed E-state index contributed by atoms with van der Waals surface area (Å²) in [5.74, 6) is 0. The van der Waals surface area contributed by atoms with Gasteiger partial charge < -0.3 is 0 Å². The summed E-state index contributed by atoms with van der Waals surface area (Å²) < 4.78 is 1.22. The Kier molecular flexibility index (Phi) is 1.13. The molecule has 0 fully saturated rings. The van der Waals surface area contributed by atoms with Crippen molar-refractivity contribution in [1.82, 2.24) is 0 Å². The van der Waals surface area contributed by atoms with E-state index in [1.165, 1.54) is 4.47 Å². The summed E-state index contributed by atoms with van der Waals surface area (Å²) in [4.78, 5) is 0. The Morgan fingerprint density at radius 2 is 2.50 bits per heavy atom. The third kappa shape index (κ3) is 0.734. The maximum absolute atomic E-state index is 3.74. The average molecular weight is 66.1 g/mol. The molecule has 0 atom stereocenters. The van der Waals surface area contributed by atoms with Crippen molar-refractivity contribution >= 4 is 0 Å². The van der Waals surface area contributed by atoms with E-state index in [0.717, 1.165) is 6.42 Å². The summed E-state index contributed by atoms with van der Waals surface area (Å²) in [5.41, 5.74) is 0. The van der Waals surface area contributed by atoms with Crippen molar-refractivity contribution in [3.8, 4) is 0 Å². The summed E-state index contributed by atoms with van der Waals surface area (Å²) in [6.07, 6.45) is 7.21. The minimum absolute atomic E-state index is 1.06. The van der Waals surface area contributed by atoms with Crippen LogP contribution in [-0.2, 0) is 16.0 Å². The van der Waals surface area contributed by atoms with E-state index in [9.17, 15) is 0 Å². The van der Waals surface area contributed by atoms with Crippen LogP contribution in [0.2, 0.25) is 0 Å². The maximum atomic E-state index is 3.74. The summed E-state index contributed by atoms with van der Waals surface area (Å²) in [7, 11) is 0. The summed E-state index contributed by atoms with van der Waals surface area (Å²) in [6.45, 7) is 0. The molecule has 0 aliphatic heterocycles. The molecule has 0 N–H and O–H groups in total. The van der Waals surface area contributed by atoms with Crippen molar-refractivity contribution in [2.24, 2.45) is 0 Å². The third-order valence-corrected chi connectivity index (χ3v) is 1.13. The monoisotopic (exact) mass is 66.0 g/mol. The molecule has 1 aliphatic carbocycles. The summed E-state index contributed by atoms with van der Waals surface area (Å²) in [6, 6.07) is 0. The Morgan fingerprint density at radius 1 is 1.67 bits per heavy atom. The zero-order valence-electron chi connectivity index (χ0n) is 3.29. The molecule has 0 saturated heterocycles. The molecule has 0 nitrogen and oxygen atoms in total. The number of allylic oxidation sites excluding steroid dienone is 4. The number of hydrogen-bond acceptors (Lipinski definition) is 0. The van der Waals surface area contributed by atoms with Gasteiger partial charge in [-0.2, -0.15) is 0 Å². The molecule has 0 aromatic carbocycles. The van der Waals surface area contributed by atoms with Gasteiger partial charge >= 0.3 is 45.1 Å². The third-order valence-electron chi connectivity index (χ3n) is 0.717. The second kappa shape index (κ2) is 1.63. The van der Waals surface area contributed by atoms with Crippen molar-refractivity contribution in [2.75, 3.05) is 0 Å². The van der Waals surface area contributed by atoms with Gasteiger partial charge in [-0.3, -0.25) is 0 Å². The van der Waals surface area contributed by atoms with Gasteiger partial charge in [0.1, 0.15) is 0 Å². The van der Waals surface area contributed by atoms with Gasteiger partial charge in [-0.15, -0.1) is 0 Å². The van der Waals surface area contributed by atoms with Crippen LogP contribution in [0, 0.1) is 0 Å². The Hall–Kier alpha value is -0.000519. The fourth-order valence-electron chi connectivity index (χ4n) is 0.416. The van der Waals surface area contributed by atoms with Gasteiger partial charge in [-0.25, -0.2) is 0 Å². The van der Waals surface area contributed by atoms with Crippen molar-refractivity contribution in [3.63, 3.8) is 0 Å². The number of hydrogen-bond donors (Lipinski definition) is 0. The molecule has 0 aromatic rings. The van der Waals surface area contributed by atoms with Crippen molar-refractivity contribution in [3.05, 3.63) is 22.7 Å². The van der Waals surface area contributed by atoms with E-state index in [1.807, 2.05) is 12.2 Å². The fraction of sp³-hybridized carbons (Fsp3) is 0.200. The van der Waals surface area contributed by atoms with Crippen LogP contribution in [0.3, 0.4) is 0 Å². The molecule has 6 heavy (non-hydrogen) atoms. The second-order valence-corrected chi connectivity index (χ2v) is 1.94. The molecule has 1 heteroatoms. The van der Waals surface area contributed by atoms with Gasteiger partial charge in [0, 0.05) is 0 Å². The topological polar surface area (TPSA) is 0 Å². The van der Waals surface area contributed by atoms with Crippen LogP contribution in [0.4, 0.5) is 0 Å². The van der Waals surface area contributed by atoms with Gasteiger partial charge in [-0.05, 0) is 0 Å². The normalized spacial score (nSPS) is 18.5. The molecule has 1 rings (SSSR count). The van der Waals surface area contributed by atoms with Crippen LogP contribution in [0.1, 0.15) is 6.42 Å². The molecule has 0 radical (unpaired) electrons. The van der Waals surface area contributed by atoms with Gasteiger partial charge in [0.2, 0.25) is 0 Å². The molecular formula is C5H5Fe. The quantitative estimate of drug-likeness (QED) is 0.375. The first-order valence-corrected chi connectivity index (χ1v) is 2.45. The standard InChI is InChI=1S/C5H5.Fe/c1-2-4-5-3-1;/h1-3H,4H2;/i;1-55. The van der Waals surface area contributed by atoms with Gasteiger partial charge in [-0.1, -0.05) is 0 Å². The Balaban J connectivity index is 2.61. The summed E-state index contributed by atoms with van der Waals surface area (Å²) in [5, 5.41) is 0. The Labute approximate surface area is 45.7 Å². The number of rotatable bonds is 0. The van der Waals surface area contributed by atoms with E-state index < -0.39 is 0 Å². The van der Waals surface area contributed by atoms with E-state index in [-0.39, 0.29) is 0 Å². The molecule has 0 amide bonds. The van der Waals surface area contributed by atoms with Crippen molar-refractivity contribution < 1.29 is 16.0 Å². The van der Waals surface area contributed by atoms with Crippen molar-refractivity contribution in [2.45, 2.75) is 6.42 Å². The van der Waals surface area contributed by atoms with E-state index in [2.05, 4.69) is 22.1 Å². The average Bonchev–Trinajstić information content (AvgIpc) is 1.86. The SMILES string of the molecule is [1Fe][C]1=CC=CC1. The van der Waals surface area contributed by atoms with E-state index >= 15 is 0 Å². The van der Waals surface area contributed by atoms with Crippen LogP contribution in [0.15, 0.2) is 22.7 Å². The van der Waals surface area contributed by atoms with E-state index in [4.69, 9.17) is 0 Å². The molecular weight excluding hydrogens is 61.1 g/mol. The Bertz CT molecular complexity index is 101. The van der Waals surface area contributed by atoms with Crippen LogP contribution in [0.25, 0.3) is 0 Å². The molecule has 33 valence electrons. The Morgan fingerprint density at radius 3 is 2.67 bits per heavy atom. The van der Waals surface area contributed by atoms with Gasteiger partial charge in [0.15, 0.2) is 0 Å². The molecule has 0 aromatic heterocycles. The first kappa shape index (κ1) is 4.17. The van der Waals surface area contributed by atoms with Crippen molar-refractivity contribution in [1.29, 1.82) is 0 Å². The first-order valence-electron chi connectivity index (χ1n) is 1.89. The zero-order valence-corrected chi connectivity index (χ0v) is 4.40. The fourth-order valence-corrected chi connectivity index (χ4v) is 0.652. The minimum atomic E-state index is 1.06. The molecule has 0 spiro atoms. The van der Waals surface area contributed by atoms with Gasteiger partial charge in [0.25, 0.3) is 0 Å². The van der Waals surface area contributed by atoms with Gasteiger partial charge in [0.05, 0.1) is 0 Å². The van der Waals surface area contributed by atoms with Crippen LogP contribution >= 0.6 is 0 Å². The zero-order chi connectivity index (χ0) is 4.41. The molecule has 0 saturated carbocycles. The van der Waals surface area contributed by atoms with E-state index in [0.29, 0.717) is 0 Å². The molecule has 0 bridgehead atoms. The summed E-state index contributed by atoms with van der Waals surface area (Å²) >= 11 is 3.74. The molecule has 1 aliphatic rings. The predicted molar refractivity (Wildman–Crippen MR) is 21.8 cm³/mol. The second-order valence-electron chi connectivity index (χ2n) is 1.23. The predicted octanol–water partition coefficient (Wildman–Crippen LogP) is 1.38. The van der Waals surface area contributed by atoms with Crippen LogP contribution in [0.5, 0.6) is 0 Å². The van der Waals surface area contributed by atoms with Crippen LogP contribution in [-0.4, -0.2) is 0 Å². The first-order chi connectivity index (χ1) is 2.89. The van der Waals surface area contributed by atoms with E-state index in [1.54, 1.807) is 0 Å².